The van der Waals surface area contributed by atoms with Crippen molar-refractivity contribution in [2.24, 2.45) is 0 Å². The van der Waals surface area contributed by atoms with Crippen molar-refractivity contribution in [1.82, 2.24) is 0 Å². The number of alkyl halides is 3. The molecule has 0 aliphatic carbocycles. The Hall–Kier alpha value is -1.30. The topological polar surface area (TPSA) is 69.7 Å². The van der Waals surface area contributed by atoms with Gasteiger partial charge >= 0.3 is 227 Å². The minimum absolute atomic E-state index is 0.154. The maximum atomic E-state index is 14.7. The van der Waals surface area contributed by atoms with Gasteiger partial charge in [-0.25, -0.2) is 0 Å². The zero-order valence-electron chi connectivity index (χ0n) is 21.4. The van der Waals surface area contributed by atoms with Crippen LogP contribution in [0.4, 0.5) is 8.78 Å². The van der Waals surface area contributed by atoms with E-state index in [9.17, 15) is 22.0 Å². The number of carbonyl (C=O) groups is 1. The van der Waals surface area contributed by atoms with E-state index in [1.807, 2.05) is 65.8 Å². The summed E-state index contributed by atoms with van der Waals surface area (Å²) in [6.45, 7) is 11.8. The average Bonchev–Trinajstić information content (AvgIpc) is 2.79. The summed E-state index contributed by atoms with van der Waals surface area (Å²) in [4.78, 5) is 12.0. The van der Waals surface area contributed by atoms with Crippen molar-refractivity contribution < 1.29 is 29.2 Å². The number of hydrogen-bond acceptors (Lipinski definition) is 5. The second kappa shape index (κ2) is 12.0. The molecule has 0 saturated heterocycles. The van der Waals surface area contributed by atoms with E-state index in [2.05, 4.69) is 4.74 Å². The standard InChI is InChI=1S/C26H34ClF2IO5S/c1-24(2,3)19-9-13-21(14-10-19)30(22-15-11-20(12-16-22)25(4,5)6)35-36(32,33)26(28,29)23(31)34-18-8-7-17-27/h9-16H,7-8,17-18H2,1-6H3. The molecule has 0 N–H and O–H groups in total. The molecule has 202 valence electrons. The molecule has 0 radical (unpaired) electrons. The van der Waals surface area contributed by atoms with Crippen LogP contribution in [0.3, 0.4) is 0 Å². The van der Waals surface area contributed by atoms with Crippen LogP contribution >= 0.6 is 31.8 Å². The molecule has 36 heavy (non-hydrogen) atoms. The molecule has 0 bridgehead atoms. The van der Waals surface area contributed by atoms with Gasteiger partial charge in [0.1, 0.15) is 0 Å². The number of ether oxygens (including phenoxy) is 1. The van der Waals surface area contributed by atoms with Crippen LogP contribution < -0.4 is 0 Å². The van der Waals surface area contributed by atoms with E-state index in [-0.39, 0.29) is 29.7 Å². The second-order valence-corrected chi connectivity index (χ2v) is 17.2. The fraction of sp³-hybridized carbons (Fsp3) is 0.500. The Morgan fingerprint density at radius 2 is 1.25 bits per heavy atom. The molecule has 0 spiro atoms. The van der Waals surface area contributed by atoms with Gasteiger partial charge in [0.15, 0.2) is 0 Å². The van der Waals surface area contributed by atoms with Crippen LogP contribution in [0.25, 0.3) is 0 Å². The predicted octanol–water partition coefficient (Wildman–Crippen LogP) is 7.24. The first-order valence-electron chi connectivity index (χ1n) is 11.5. The van der Waals surface area contributed by atoms with Gasteiger partial charge in [-0.2, -0.15) is 0 Å². The molecule has 0 aliphatic heterocycles. The van der Waals surface area contributed by atoms with E-state index >= 15 is 0 Å². The zero-order valence-corrected chi connectivity index (χ0v) is 25.1. The van der Waals surface area contributed by atoms with E-state index in [0.717, 1.165) is 11.1 Å². The van der Waals surface area contributed by atoms with E-state index in [0.29, 0.717) is 13.6 Å². The number of hydrogen-bond donors (Lipinski definition) is 0. The summed E-state index contributed by atoms with van der Waals surface area (Å²) >= 11 is 2.10. The fourth-order valence-electron chi connectivity index (χ4n) is 3.00. The Morgan fingerprint density at radius 3 is 1.61 bits per heavy atom. The van der Waals surface area contributed by atoms with Crippen LogP contribution in [0.1, 0.15) is 65.5 Å². The molecule has 0 unspecified atom stereocenters. The summed E-state index contributed by atoms with van der Waals surface area (Å²) in [7, 11) is -5.64. The van der Waals surface area contributed by atoms with Crippen molar-refractivity contribution in [3.63, 3.8) is 0 Å². The van der Waals surface area contributed by atoms with Crippen LogP contribution in [-0.4, -0.2) is 32.1 Å². The first-order chi connectivity index (χ1) is 16.5. The molecular formula is C26H34ClF2IO5S. The number of halogens is 4. The summed E-state index contributed by atoms with van der Waals surface area (Å²) in [5.74, 6) is -1.88. The van der Waals surface area contributed by atoms with Gasteiger partial charge < -0.3 is 0 Å². The van der Waals surface area contributed by atoms with Crippen LogP contribution in [0.5, 0.6) is 0 Å². The van der Waals surface area contributed by atoms with E-state index < -0.39 is 41.6 Å². The van der Waals surface area contributed by atoms with E-state index in [1.54, 1.807) is 24.3 Å². The summed E-state index contributed by atoms with van der Waals surface area (Å²) in [6.07, 6.45) is 0.680. The van der Waals surface area contributed by atoms with Crippen LogP contribution in [0.15, 0.2) is 48.5 Å². The number of carbonyl (C=O) groups excluding carboxylic acids is 1. The summed E-state index contributed by atoms with van der Waals surface area (Å²) in [5, 5.41) is -4.85. The Morgan fingerprint density at radius 1 is 0.833 bits per heavy atom. The average molecular weight is 659 g/mol. The van der Waals surface area contributed by atoms with Gasteiger partial charge in [-0.1, -0.05) is 0 Å². The SMILES string of the molecule is CC(C)(C)c1ccc(I(OS(=O)(=O)C(F)(F)C(=O)OCCCCCl)c2ccc(C(C)(C)C)cc2)cc1. The minimum atomic E-state index is -5.64. The first kappa shape index (κ1) is 30.9. The zero-order chi connectivity index (χ0) is 27.4. The number of esters is 1. The molecule has 0 aliphatic rings. The van der Waals surface area contributed by atoms with E-state index in [4.69, 9.17) is 14.1 Å². The molecule has 0 amide bonds. The van der Waals surface area contributed by atoms with Gasteiger partial charge in [0, 0.05) is 0 Å². The van der Waals surface area contributed by atoms with Gasteiger partial charge in [-0.3, -0.25) is 0 Å². The first-order valence-corrected chi connectivity index (χ1v) is 16.5. The molecular weight excluding hydrogens is 625 g/mol. The van der Waals surface area contributed by atoms with E-state index in [1.165, 1.54) is 0 Å². The van der Waals surface area contributed by atoms with Crippen molar-refractivity contribution in [2.75, 3.05) is 12.5 Å². The van der Waals surface area contributed by atoms with Crippen LogP contribution in [-0.2, 0) is 33.0 Å². The van der Waals surface area contributed by atoms with Gasteiger partial charge in [-0.05, 0) is 0 Å². The number of unbranched alkanes of at least 4 members (excludes halogenated alkanes) is 1. The third kappa shape index (κ3) is 7.85. The molecule has 10 heteroatoms. The number of rotatable bonds is 10. The molecule has 0 fully saturated rings. The van der Waals surface area contributed by atoms with Crippen LogP contribution in [0, 0.1) is 7.14 Å². The van der Waals surface area contributed by atoms with Gasteiger partial charge in [0.05, 0.1) is 0 Å². The predicted molar refractivity (Wildman–Crippen MR) is 148 cm³/mol. The Bertz CT molecular complexity index is 1070. The maximum absolute atomic E-state index is 14.7. The Labute approximate surface area is 226 Å². The summed E-state index contributed by atoms with van der Waals surface area (Å²) in [6, 6.07) is 14.2. The van der Waals surface area contributed by atoms with Gasteiger partial charge in [0.2, 0.25) is 0 Å². The van der Waals surface area contributed by atoms with Crippen molar-refractivity contribution in [1.29, 1.82) is 0 Å². The number of benzene rings is 2. The molecule has 2 aromatic carbocycles. The summed E-state index contributed by atoms with van der Waals surface area (Å²) < 4.78 is 65.7. The molecule has 0 atom stereocenters. The van der Waals surface area contributed by atoms with Crippen molar-refractivity contribution in [3.8, 4) is 0 Å². The van der Waals surface area contributed by atoms with Crippen molar-refractivity contribution in [2.45, 2.75) is 70.5 Å². The second-order valence-electron chi connectivity index (χ2n) is 10.3. The quantitative estimate of drug-likeness (QED) is 0.117. The van der Waals surface area contributed by atoms with Crippen molar-refractivity contribution in [3.05, 3.63) is 66.8 Å². The Balaban J connectivity index is 2.44. The molecule has 2 rings (SSSR count). The van der Waals surface area contributed by atoms with Gasteiger partial charge in [-0.15, -0.1) is 0 Å². The van der Waals surface area contributed by atoms with Gasteiger partial charge in [0.25, 0.3) is 0 Å². The molecule has 5 nitrogen and oxygen atoms in total. The fourth-order valence-corrected chi connectivity index (χ4v) is 9.93. The summed E-state index contributed by atoms with van der Waals surface area (Å²) in [5.41, 5.74) is 1.69. The molecule has 0 aromatic heterocycles. The molecule has 2 aromatic rings. The third-order valence-electron chi connectivity index (χ3n) is 5.28. The molecule has 0 saturated carbocycles. The van der Waals surface area contributed by atoms with Crippen molar-refractivity contribution >= 4 is 47.9 Å². The molecule has 0 heterocycles. The van der Waals surface area contributed by atoms with Crippen LogP contribution in [0.2, 0.25) is 0 Å². The Kier molecular flexibility index (Phi) is 10.3. The third-order valence-corrected chi connectivity index (χ3v) is 12.8. The monoisotopic (exact) mass is 658 g/mol. The normalized spacial score (nSPS) is 13.4.